The molecule has 0 saturated carbocycles. The Morgan fingerprint density at radius 2 is 1.72 bits per heavy atom. The Bertz CT molecular complexity index is 1310. The summed E-state index contributed by atoms with van der Waals surface area (Å²) >= 11 is 1.50. The molecular weight excluding hydrogens is 508 g/mol. The first-order chi connectivity index (χ1) is 18.9. The molecule has 1 amide bonds. The van der Waals surface area contributed by atoms with Gasteiger partial charge in [-0.2, -0.15) is 0 Å². The zero-order valence-electron chi connectivity index (χ0n) is 23.1. The van der Waals surface area contributed by atoms with Gasteiger partial charge in [-0.3, -0.25) is 4.79 Å². The van der Waals surface area contributed by atoms with Crippen LogP contribution in [0.25, 0.3) is 5.70 Å². The van der Waals surface area contributed by atoms with Crippen LogP contribution in [0.4, 0.5) is 0 Å². The van der Waals surface area contributed by atoms with E-state index in [1.54, 1.807) is 0 Å². The van der Waals surface area contributed by atoms with Crippen LogP contribution in [-0.4, -0.2) is 71.6 Å². The highest BCUT2D eigenvalue weighted by Crippen LogP contribution is 2.47. The predicted molar refractivity (Wildman–Crippen MR) is 157 cm³/mol. The quantitative estimate of drug-likeness (QED) is 0.444. The van der Waals surface area contributed by atoms with E-state index in [1.807, 2.05) is 47.6 Å². The van der Waals surface area contributed by atoms with Crippen LogP contribution >= 0.6 is 11.8 Å². The SMILES string of the molecule is CCOC(=O)C1=C(c2ccccc2)N=C2SC=C(CC(=O)N3CCN(C)CC3)N2C1c1ccc(C(C)C)cc1. The highest BCUT2D eigenvalue weighted by Gasteiger charge is 2.42. The zero-order chi connectivity index (χ0) is 27.5. The summed E-state index contributed by atoms with van der Waals surface area (Å²) in [5.41, 5.74) is 5.01. The van der Waals surface area contributed by atoms with Crippen molar-refractivity contribution in [3.63, 3.8) is 0 Å². The van der Waals surface area contributed by atoms with Gasteiger partial charge in [-0.15, -0.1) is 0 Å². The lowest BCUT2D eigenvalue weighted by Gasteiger charge is -2.38. The fourth-order valence-electron chi connectivity index (χ4n) is 5.19. The maximum atomic E-state index is 13.7. The third kappa shape index (κ3) is 5.68. The molecule has 39 heavy (non-hydrogen) atoms. The molecule has 0 radical (unpaired) electrons. The second-order valence-corrected chi connectivity index (χ2v) is 11.3. The lowest BCUT2D eigenvalue weighted by molar-refractivity contribution is -0.139. The topological polar surface area (TPSA) is 65.5 Å². The van der Waals surface area contributed by atoms with Crippen molar-refractivity contribution in [2.45, 2.75) is 39.2 Å². The molecule has 7 nitrogen and oxygen atoms in total. The molecule has 2 aromatic carbocycles. The van der Waals surface area contributed by atoms with Gasteiger partial charge in [0.1, 0.15) is 0 Å². The van der Waals surface area contributed by atoms with Crippen LogP contribution in [0.15, 0.2) is 76.3 Å². The van der Waals surface area contributed by atoms with Gasteiger partial charge in [-0.05, 0) is 36.4 Å². The first-order valence-electron chi connectivity index (χ1n) is 13.6. The largest absolute Gasteiger partial charge is 0.463 e. The standard InChI is InChI=1S/C31H36N4O3S/c1-5-38-30(37)27-28(23-9-7-6-8-10-23)32-31-35(29(27)24-13-11-22(12-14-24)21(2)3)25(20-39-31)19-26(36)34-17-15-33(4)16-18-34/h6-14,20-21,29H,5,15-19H2,1-4H3. The van der Waals surface area contributed by atoms with Gasteiger partial charge in [0.15, 0.2) is 5.17 Å². The van der Waals surface area contributed by atoms with Gasteiger partial charge in [-0.25, -0.2) is 9.79 Å². The summed E-state index contributed by atoms with van der Waals surface area (Å²) in [7, 11) is 2.08. The average Bonchev–Trinajstić information content (AvgIpc) is 3.35. The number of rotatable bonds is 7. The van der Waals surface area contributed by atoms with Crippen molar-refractivity contribution >= 4 is 34.5 Å². The number of carbonyl (C=O) groups excluding carboxylic acids is 2. The monoisotopic (exact) mass is 544 g/mol. The van der Waals surface area contributed by atoms with E-state index in [1.165, 1.54) is 17.3 Å². The number of thioether (sulfide) groups is 1. The molecule has 204 valence electrons. The summed E-state index contributed by atoms with van der Waals surface area (Å²) in [6, 6.07) is 17.8. The highest BCUT2D eigenvalue weighted by atomic mass is 32.2. The molecule has 2 aromatic rings. The first-order valence-corrected chi connectivity index (χ1v) is 14.5. The number of amides is 1. The number of nitrogens with zero attached hydrogens (tertiary/aromatic N) is 4. The van der Waals surface area contributed by atoms with Crippen LogP contribution < -0.4 is 0 Å². The molecule has 5 rings (SSSR count). The van der Waals surface area contributed by atoms with Gasteiger partial charge in [0, 0.05) is 37.4 Å². The van der Waals surface area contributed by atoms with E-state index in [-0.39, 0.29) is 18.9 Å². The molecule has 0 aliphatic carbocycles. The van der Waals surface area contributed by atoms with Gasteiger partial charge in [0.25, 0.3) is 0 Å². The molecule has 3 aliphatic rings. The van der Waals surface area contributed by atoms with Crippen molar-refractivity contribution in [3.05, 3.63) is 88.0 Å². The van der Waals surface area contributed by atoms with Gasteiger partial charge in [0.05, 0.1) is 30.3 Å². The summed E-state index contributed by atoms with van der Waals surface area (Å²) in [5.74, 6) is 0.0980. The van der Waals surface area contributed by atoms with E-state index < -0.39 is 12.0 Å². The number of esters is 1. The summed E-state index contributed by atoms with van der Waals surface area (Å²) in [5, 5.41) is 2.78. The van der Waals surface area contributed by atoms with E-state index in [4.69, 9.17) is 9.73 Å². The van der Waals surface area contributed by atoms with Crippen molar-refractivity contribution in [2.24, 2.45) is 4.99 Å². The third-order valence-electron chi connectivity index (χ3n) is 7.46. The Labute approximate surface area is 235 Å². The van der Waals surface area contributed by atoms with Crippen LogP contribution in [0.3, 0.4) is 0 Å². The number of fused-ring (bicyclic) bond motifs is 1. The lowest BCUT2D eigenvalue weighted by atomic mass is 9.90. The molecule has 3 heterocycles. The van der Waals surface area contributed by atoms with Crippen LogP contribution in [0, 0.1) is 0 Å². The number of aliphatic imine (C=N–C) groups is 1. The molecule has 0 N–H and O–H groups in total. The van der Waals surface area contributed by atoms with E-state index in [9.17, 15) is 9.59 Å². The van der Waals surface area contributed by atoms with Gasteiger partial charge >= 0.3 is 5.97 Å². The summed E-state index contributed by atoms with van der Waals surface area (Å²) in [4.78, 5) is 38.3. The van der Waals surface area contributed by atoms with Crippen molar-refractivity contribution in [1.29, 1.82) is 0 Å². The molecule has 3 aliphatic heterocycles. The maximum Gasteiger partial charge on any atom is 0.338 e. The molecule has 0 bridgehead atoms. The zero-order valence-corrected chi connectivity index (χ0v) is 23.9. The van der Waals surface area contributed by atoms with Crippen LogP contribution in [-0.2, 0) is 14.3 Å². The summed E-state index contributed by atoms with van der Waals surface area (Å²) in [6.45, 7) is 9.61. The number of hydrogen-bond acceptors (Lipinski definition) is 7. The Morgan fingerprint density at radius 1 is 1.03 bits per heavy atom. The van der Waals surface area contributed by atoms with E-state index in [0.717, 1.165) is 48.2 Å². The molecular formula is C31H36N4O3S. The number of ether oxygens (including phenoxy) is 1. The van der Waals surface area contributed by atoms with Crippen molar-refractivity contribution in [1.82, 2.24) is 14.7 Å². The van der Waals surface area contributed by atoms with E-state index >= 15 is 0 Å². The number of likely N-dealkylation sites (N-methyl/N-ethyl adjacent to an activating group) is 1. The molecule has 8 heteroatoms. The molecule has 1 fully saturated rings. The second-order valence-electron chi connectivity index (χ2n) is 10.4. The molecule has 0 aromatic heterocycles. The highest BCUT2D eigenvalue weighted by molar-refractivity contribution is 8.16. The number of benzene rings is 2. The van der Waals surface area contributed by atoms with Crippen LogP contribution in [0.5, 0.6) is 0 Å². The van der Waals surface area contributed by atoms with Crippen molar-refractivity contribution in [2.75, 3.05) is 39.8 Å². The Hall–Kier alpha value is -3.36. The average molecular weight is 545 g/mol. The van der Waals surface area contributed by atoms with Crippen molar-refractivity contribution < 1.29 is 14.3 Å². The summed E-state index contributed by atoms with van der Waals surface area (Å²) < 4.78 is 5.62. The molecule has 0 spiro atoms. The van der Waals surface area contributed by atoms with E-state index in [2.05, 4.69) is 55.0 Å². The fourth-order valence-corrected chi connectivity index (χ4v) is 6.11. The lowest BCUT2D eigenvalue weighted by Crippen LogP contribution is -2.47. The number of piperazine rings is 1. The smallest absolute Gasteiger partial charge is 0.338 e. The number of carbonyl (C=O) groups is 2. The molecule has 1 unspecified atom stereocenters. The minimum Gasteiger partial charge on any atom is -0.463 e. The second kappa shape index (κ2) is 11.8. The van der Waals surface area contributed by atoms with E-state index in [0.29, 0.717) is 17.2 Å². The summed E-state index contributed by atoms with van der Waals surface area (Å²) in [6.07, 6.45) is 0.257. The van der Waals surface area contributed by atoms with Crippen LogP contribution in [0.1, 0.15) is 55.8 Å². The number of hydrogen-bond donors (Lipinski definition) is 0. The van der Waals surface area contributed by atoms with Gasteiger partial charge < -0.3 is 19.4 Å². The Morgan fingerprint density at radius 3 is 2.36 bits per heavy atom. The predicted octanol–water partition coefficient (Wildman–Crippen LogP) is 5.25. The van der Waals surface area contributed by atoms with Gasteiger partial charge in [0.2, 0.25) is 5.91 Å². The third-order valence-corrected chi connectivity index (χ3v) is 8.35. The normalized spacial score (nSPS) is 19.7. The minimum atomic E-state index is -0.463. The maximum absolute atomic E-state index is 13.7. The minimum absolute atomic E-state index is 0.0978. The fraction of sp³-hybridized carbons (Fsp3) is 0.387. The van der Waals surface area contributed by atoms with Crippen LogP contribution in [0.2, 0.25) is 0 Å². The number of amidine groups is 1. The first kappa shape index (κ1) is 27.2. The Balaban J connectivity index is 1.58. The van der Waals surface area contributed by atoms with Crippen molar-refractivity contribution in [3.8, 4) is 0 Å². The van der Waals surface area contributed by atoms with Gasteiger partial charge in [-0.1, -0.05) is 80.2 Å². The Kier molecular flexibility index (Phi) is 8.23. The molecule has 1 saturated heterocycles. The molecule has 1 atom stereocenters.